The lowest BCUT2D eigenvalue weighted by Gasteiger charge is -2.29. The second-order valence-corrected chi connectivity index (χ2v) is 10.1. The van der Waals surface area contributed by atoms with Gasteiger partial charge in [-0.15, -0.1) is 0 Å². The Morgan fingerprint density at radius 2 is 1.92 bits per heavy atom. The van der Waals surface area contributed by atoms with Crippen LogP contribution in [0.25, 0.3) is 22.2 Å². The van der Waals surface area contributed by atoms with Crippen LogP contribution in [-0.4, -0.2) is 30.5 Å². The lowest BCUT2D eigenvalue weighted by atomic mass is 9.89. The van der Waals surface area contributed by atoms with Crippen molar-refractivity contribution in [1.82, 2.24) is 23.9 Å². The lowest BCUT2D eigenvalue weighted by Crippen LogP contribution is -2.37. The molecule has 0 unspecified atom stereocenters. The summed E-state index contributed by atoms with van der Waals surface area (Å²) >= 11 is 5.99. The van der Waals surface area contributed by atoms with E-state index in [2.05, 4.69) is 11.3 Å². The molecule has 2 atom stereocenters. The summed E-state index contributed by atoms with van der Waals surface area (Å²) in [7, 11) is 3.00. The van der Waals surface area contributed by atoms with E-state index in [1.807, 2.05) is 10.9 Å². The SMILES string of the molecule is Cn1c(=O)c2cc([C@H]3CCO[C@@H](c4cnn(C5CC5)c4)C3)nc(-c3ccc(Cl)cc3F)c2n(C)c1=O. The fourth-order valence-electron chi connectivity index (χ4n) is 5.08. The molecule has 0 radical (unpaired) electrons. The molecule has 36 heavy (non-hydrogen) atoms. The van der Waals surface area contributed by atoms with Crippen molar-refractivity contribution in [1.29, 1.82) is 0 Å². The van der Waals surface area contributed by atoms with Crippen molar-refractivity contribution in [3.8, 4) is 11.3 Å². The van der Waals surface area contributed by atoms with E-state index in [9.17, 15) is 9.59 Å². The molecule has 10 heteroatoms. The van der Waals surface area contributed by atoms with Crippen LogP contribution in [0.1, 0.15) is 55.0 Å². The first-order chi connectivity index (χ1) is 17.3. The van der Waals surface area contributed by atoms with Crippen molar-refractivity contribution in [2.75, 3.05) is 6.61 Å². The maximum absolute atomic E-state index is 15.1. The van der Waals surface area contributed by atoms with Crippen LogP contribution in [0.5, 0.6) is 0 Å². The summed E-state index contributed by atoms with van der Waals surface area (Å²) in [6, 6.07) is 6.54. The molecule has 1 saturated carbocycles. The first-order valence-electron chi connectivity index (χ1n) is 12.0. The molecule has 6 rings (SSSR count). The van der Waals surface area contributed by atoms with E-state index < -0.39 is 17.1 Å². The van der Waals surface area contributed by atoms with Gasteiger partial charge in [0.25, 0.3) is 5.56 Å². The van der Waals surface area contributed by atoms with Crippen LogP contribution in [-0.2, 0) is 18.8 Å². The Morgan fingerprint density at radius 3 is 2.67 bits per heavy atom. The normalized spacial score (nSPS) is 20.2. The number of pyridine rings is 1. The van der Waals surface area contributed by atoms with Gasteiger partial charge in [0.15, 0.2) is 0 Å². The smallest absolute Gasteiger partial charge is 0.331 e. The predicted molar refractivity (Wildman–Crippen MR) is 134 cm³/mol. The molecule has 0 amide bonds. The second kappa shape index (κ2) is 8.67. The molecule has 2 fully saturated rings. The highest BCUT2D eigenvalue weighted by molar-refractivity contribution is 6.30. The van der Waals surface area contributed by atoms with Crippen molar-refractivity contribution >= 4 is 22.5 Å². The molecule has 0 N–H and O–H groups in total. The van der Waals surface area contributed by atoms with Gasteiger partial charge in [0, 0.05) is 54.7 Å². The van der Waals surface area contributed by atoms with Gasteiger partial charge in [0.2, 0.25) is 0 Å². The van der Waals surface area contributed by atoms with Gasteiger partial charge in [-0.25, -0.2) is 9.18 Å². The van der Waals surface area contributed by atoms with Crippen molar-refractivity contribution in [2.24, 2.45) is 14.1 Å². The topological polar surface area (TPSA) is 83.9 Å². The van der Waals surface area contributed by atoms with Crippen LogP contribution >= 0.6 is 11.6 Å². The summed E-state index contributed by atoms with van der Waals surface area (Å²) in [4.78, 5) is 30.8. The van der Waals surface area contributed by atoms with Crippen LogP contribution in [0.15, 0.2) is 46.2 Å². The minimum absolute atomic E-state index is 0.0199. The van der Waals surface area contributed by atoms with Gasteiger partial charge in [-0.3, -0.25) is 23.6 Å². The van der Waals surface area contributed by atoms with Gasteiger partial charge in [0.05, 0.1) is 34.9 Å². The lowest BCUT2D eigenvalue weighted by molar-refractivity contribution is 0.00463. The fourth-order valence-corrected chi connectivity index (χ4v) is 5.24. The molecule has 4 heterocycles. The van der Waals surface area contributed by atoms with E-state index in [0.717, 1.165) is 23.0 Å². The number of halogens is 2. The zero-order chi connectivity index (χ0) is 25.1. The van der Waals surface area contributed by atoms with E-state index >= 15 is 4.39 Å². The van der Waals surface area contributed by atoms with Gasteiger partial charge in [-0.05, 0) is 49.9 Å². The third-order valence-corrected chi connectivity index (χ3v) is 7.49. The number of fused-ring (bicyclic) bond motifs is 1. The van der Waals surface area contributed by atoms with E-state index in [0.29, 0.717) is 42.1 Å². The number of aryl methyl sites for hydroxylation is 1. The van der Waals surface area contributed by atoms with Crippen LogP contribution in [0.2, 0.25) is 5.02 Å². The summed E-state index contributed by atoms with van der Waals surface area (Å²) < 4.78 is 25.6. The Bertz CT molecular complexity index is 1620. The third kappa shape index (κ3) is 3.87. The highest BCUT2D eigenvalue weighted by Crippen LogP contribution is 2.40. The molecule has 2 aliphatic rings. The van der Waals surface area contributed by atoms with Gasteiger partial charge in [0.1, 0.15) is 5.82 Å². The van der Waals surface area contributed by atoms with Crippen molar-refractivity contribution in [2.45, 2.75) is 43.7 Å². The first-order valence-corrected chi connectivity index (χ1v) is 12.4. The Hall–Kier alpha value is -3.30. The molecule has 0 spiro atoms. The first kappa shape index (κ1) is 23.1. The van der Waals surface area contributed by atoms with Gasteiger partial charge in [-0.1, -0.05) is 11.6 Å². The molecule has 8 nitrogen and oxygen atoms in total. The average Bonchev–Trinajstić information content (AvgIpc) is 3.61. The molecule has 1 aliphatic heterocycles. The molecular weight excluding hydrogens is 485 g/mol. The molecule has 1 saturated heterocycles. The highest BCUT2D eigenvalue weighted by atomic mass is 35.5. The molecule has 4 aromatic rings. The Kier molecular flexibility index (Phi) is 5.57. The van der Waals surface area contributed by atoms with E-state index in [4.69, 9.17) is 21.3 Å². The highest BCUT2D eigenvalue weighted by Gasteiger charge is 2.31. The predicted octanol–water partition coefficient (Wildman–Crippen LogP) is 4.26. The number of aromatic nitrogens is 5. The molecule has 3 aromatic heterocycles. The van der Waals surface area contributed by atoms with Gasteiger partial charge < -0.3 is 4.74 Å². The monoisotopic (exact) mass is 509 g/mol. The summed E-state index contributed by atoms with van der Waals surface area (Å²) in [5.74, 6) is -0.590. The van der Waals surface area contributed by atoms with Crippen LogP contribution in [0, 0.1) is 5.82 Å². The molecule has 1 aromatic carbocycles. The van der Waals surface area contributed by atoms with E-state index in [-0.39, 0.29) is 28.3 Å². The van der Waals surface area contributed by atoms with Crippen molar-refractivity contribution in [3.63, 3.8) is 0 Å². The van der Waals surface area contributed by atoms with Crippen LogP contribution in [0.3, 0.4) is 0 Å². The van der Waals surface area contributed by atoms with E-state index in [1.165, 1.54) is 23.7 Å². The molecule has 0 bridgehead atoms. The number of nitrogens with zero attached hydrogens (tertiary/aromatic N) is 5. The quantitative estimate of drug-likeness (QED) is 0.410. The molecule has 1 aliphatic carbocycles. The number of rotatable bonds is 4. The number of ether oxygens (including phenoxy) is 1. The maximum atomic E-state index is 15.1. The number of benzene rings is 1. The van der Waals surface area contributed by atoms with Crippen LogP contribution < -0.4 is 11.2 Å². The summed E-state index contributed by atoms with van der Waals surface area (Å²) in [6.07, 6.45) is 7.43. The van der Waals surface area contributed by atoms with E-state index in [1.54, 1.807) is 19.2 Å². The summed E-state index contributed by atoms with van der Waals surface area (Å²) in [5.41, 5.74) is 1.48. The summed E-state index contributed by atoms with van der Waals surface area (Å²) in [5, 5.41) is 5.06. The van der Waals surface area contributed by atoms with Crippen molar-refractivity contribution < 1.29 is 9.13 Å². The summed E-state index contributed by atoms with van der Waals surface area (Å²) in [6.45, 7) is 0.527. The molecular formula is C26H25ClFN5O3. The minimum atomic E-state index is -0.570. The third-order valence-electron chi connectivity index (χ3n) is 7.26. The minimum Gasteiger partial charge on any atom is -0.373 e. The zero-order valence-corrected chi connectivity index (χ0v) is 20.7. The number of hydrogen-bond donors (Lipinski definition) is 0. The van der Waals surface area contributed by atoms with Crippen molar-refractivity contribution in [3.05, 3.63) is 79.6 Å². The van der Waals surface area contributed by atoms with Crippen LogP contribution in [0.4, 0.5) is 4.39 Å². The van der Waals surface area contributed by atoms with Gasteiger partial charge >= 0.3 is 5.69 Å². The Balaban J connectivity index is 1.49. The zero-order valence-electron chi connectivity index (χ0n) is 19.9. The Labute approximate surface area is 210 Å². The Morgan fingerprint density at radius 1 is 1.11 bits per heavy atom. The average molecular weight is 510 g/mol. The largest absolute Gasteiger partial charge is 0.373 e. The second-order valence-electron chi connectivity index (χ2n) is 9.69. The molecule has 186 valence electrons. The fraction of sp³-hybridized carbons (Fsp3) is 0.385. The standard InChI is InChI=1S/C26H25ClFN5O3/c1-31-24-19(25(34)32(2)26(31)35)11-21(30-23(24)18-6-3-16(27)10-20(18)28)14-7-8-36-22(9-14)15-12-29-33(13-15)17-4-5-17/h3,6,10-14,17,22H,4-5,7-9H2,1-2H3/t14-,22+/m0/s1. The number of hydrogen-bond acceptors (Lipinski definition) is 5. The maximum Gasteiger partial charge on any atom is 0.331 e. The van der Waals surface area contributed by atoms with Gasteiger partial charge in [-0.2, -0.15) is 5.10 Å².